The maximum Gasteiger partial charge on any atom is 0.247 e. The van der Waals surface area contributed by atoms with Crippen LogP contribution >= 0.6 is 0 Å². The van der Waals surface area contributed by atoms with Crippen LogP contribution in [0.25, 0.3) is 23.0 Å². The lowest BCUT2D eigenvalue weighted by Crippen LogP contribution is -2.41. The van der Waals surface area contributed by atoms with Crippen LogP contribution in [0, 0.1) is 5.82 Å². The minimum absolute atomic E-state index is 0.158. The lowest BCUT2D eigenvalue weighted by Gasteiger charge is -2.23. The Labute approximate surface area is 174 Å². The molecule has 2 aromatic carbocycles. The summed E-state index contributed by atoms with van der Waals surface area (Å²) in [4.78, 5) is 25.3. The molecule has 0 aliphatic carbocycles. The monoisotopic (exact) mass is 406 g/mol. The highest BCUT2D eigenvalue weighted by Crippen LogP contribution is 2.25. The van der Waals surface area contributed by atoms with Gasteiger partial charge < -0.3 is 10.6 Å². The Kier molecular flexibility index (Phi) is 6.41. The number of carbonyl (C=O) groups is 2. The van der Waals surface area contributed by atoms with E-state index in [2.05, 4.69) is 5.10 Å². The molecule has 30 heavy (non-hydrogen) atoms. The number of hydrogen-bond donors (Lipinski definition) is 1. The van der Waals surface area contributed by atoms with Gasteiger partial charge in [-0.3, -0.25) is 9.59 Å². The van der Waals surface area contributed by atoms with Gasteiger partial charge in [-0.2, -0.15) is 5.10 Å². The molecule has 3 aromatic rings. The predicted molar refractivity (Wildman–Crippen MR) is 114 cm³/mol. The Morgan fingerprint density at radius 2 is 1.80 bits per heavy atom. The van der Waals surface area contributed by atoms with E-state index in [1.165, 1.54) is 23.1 Å². The highest BCUT2D eigenvalue weighted by atomic mass is 19.1. The number of primary amides is 1. The van der Waals surface area contributed by atoms with E-state index in [1.54, 1.807) is 29.1 Å². The van der Waals surface area contributed by atoms with Crippen molar-refractivity contribution in [1.29, 1.82) is 0 Å². The molecule has 0 aliphatic rings. The molecule has 0 radical (unpaired) electrons. The topological polar surface area (TPSA) is 81.2 Å². The van der Waals surface area contributed by atoms with Gasteiger partial charge in [0.1, 0.15) is 5.82 Å². The van der Waals surface area contributed by atoms with Crippen LogP contribution in [0.1, 0.15) is 19.4 Å². The second-order valence-electron chi connectivity index (χ2n) is 7.08. The van der Waals surface area contributed by atoms with Crippen LogP contribution in [0.15, 0.2) is 66.9 Å². The number of aromatic nitrogens is 2. The molecule has 0 saturated carbocycles. The number of nitrogens with two attached hydrogens (primary N) is 1. The normalized spacial score (nSPS) is 11.2. The van der Waals surface area contributed by atoms with Gasteiger partial charge in [0.25, 0.3) is 0 Å². The lowest BCUT2D eigenvalue weighted by molar-refractivity contribution is -0.132. The summed E-state index contributed by atoms with van der Waals surface area (Å²) < 4.78 is 15.1. The number of amides is 2. The van der Waals surface area contributed by atoms with Gasteiger partial charge in [-0.25, -0.2) is 9.07 Å². The average molecular weight is 406 g/mol. The number of rotatable bonds is 7. The van der Waals surface area contributed by atoms with Gasteiger partial charge in [0, 0.05) is 29.4 Å². The summed E-state index contributed by atoms with van der Waals surface area (Å²) in [5.41, 5.74) is 8.11. The van der Waals surface area contributed by atoms with Gasteiger partial charge in [0.15, 0.2) is 0 Å². The number of hydrogen-bond acceptors (Lipinski definition) is 3. The molecular weight excluding hydrogens is 383 g/mol. The molecular formula is C23H23FN4O2. The smallest absolute Gasteiger partial charge is 0.247 e. The first-order valence-electron chi connectivity index (χ1n) is 9.53. The molecule has 0 bridgehead atoms. The first-order chi connectivity index (χ1) is 14.3. The van der Waals surface area contributed by atoms with Crippen LogP contribution in [0.3, 0.4) is 0 Å². The van der Waals surface area contributed by atoms with Crippen molar-refractivity contribution in [1.82, 2.24) is 14.7 Å². The summed E-state index contributed by atoms with van der Waals surface area (Å²) in [7, 11) is 0. The van der Waals surface area contributed by atoms with E-state index < -0.39 is 5.91 Å². The van der Waals surface area contributed by atoms with E-state index in [1.807, 2.05) is 44.2 Å². The molecule has 0 fully saturated rings. The second-order valence-corrected chi connectivity index (χ2v) is 7.08. The Balaban J connectivity index is 1.98. The van der Waals surface area contributed by atoms with Crippen molar-refractivity contribution in [3.05, 3.63) is 78.3 Å². The molecule has 2 amide bonds. The van der Waals surface area contributed by atoms with Crippen LogP contribution in [0.4, 0.5) is 4.39 Å². The largest absolute Gasteiger partial charge is 0.368 e. The fourth-order valence-corrected chi connectivity index (χ4v) is 2.99. The van der Waals surface area contributed by atoms with E-state index >= 15 is 0 Å². The van der Waals surface area contributed by atoms with E-state index in [0.29, 0.717) is 11.3 Å². The molecule has 1 aromatic heterocycles. The highest BCUT2D eigenvalue weighted by molar-refractivity contribution is 5.95. The number of halogens is 1. The number of carbonyl (C=O) groups excluding carboxylic acids is 2. The summed E-state index contributed by atoms with van der Waals surface area (Å²) in [5, 5.41) is 4.63. The number of nitrogens with zero attached hydrogens (tertiary/aromatic N) is 3. The second kappa shape index (κ2) is 9.17. The summed E-state index contributed by atoms with van der Waals surface area (Å²) in [5.74, 6) is -1.25. The number of benzene rings is 2. The first-order valence-corrected chi connectivity index (χ1v) is 9.53. The molecule has 7 heteroatoms. The molecule has 154 valence electrons. The fraction of sp³-hybridized carbons (Fsp3) is 0.174. The van der Waals surface area contributed by atoms with Crippen LogP contribution in [-0.2, 0) is 9.59 Å². The average Bonchev–Trinajstić information content (AvgIpc) is 3.15. The molecule has 0 saturated heterocycles. The Hall–Kier alpha value is -3.74. The lowest BCUT2D eigenvalue weighted by atomic mass is 10.1. The maximum atomic E-state index is 13.4. The standard InChI is InChI=1S/C23H23FN4O2/c1-16(2)27(15-21(25)29)22(30)13-10-18-14-28(20-6-4-3-5-7-20)26-23(18)17-8-11-19(24)12-9-17/h3-14,16H,15H2,1-2H3,(H2,25,29). The van der Waals surface area contributed by atoms with Crippen LogP contribution in [0.2, 0.25) is 0 Å². The third-order valence-electron chi connectivity index (χ3n) is 4.52. The summed E-state index contributed by atoms with van der Waals surface area (Å²) in [6.07, 6.45) is 4.83. The molecule has 1 heterocycles. The maximum absolute atomic E-state index is 13.4. The zero-order valence-corrected chi connectivity index (χ0v) is 16.8. The van der Waals surface area contributed by atoms with Crippen molar-refractivity contribution in [3.8, 4) is 16.9 Å². The predicted octanol–water partition coefficient (Wildman–Crippen LogP) is 3.41. The molecule has 0 atom stereocenters. The van der Waals surface area contributed by atoms with Gasteiger partial charge in [-0.1, -0.05) is 18.2 Å². The van der Waals surface area contributed by atoms with Gasteiger partial charge in [0.2, 0.25) is 11.8 Å². The molecule has 6 nitrogen and oxygen atoms in total. The summed E-state index contributed by atoms with van der Waals surface area (Å²) >= 11 is 0. The van der Waals surface area contributed by atoms with Crippen molar-refractivity contribution in [2.45, 2.75) is 19.9 Å². The molecule has 0 aliphatic heterocycles. The minimum Gasteiger partial charge on any atom is -0.368 e. The summed E-state index contributed by atoms with van der Waals surface area (Å²) in [6.45, 7) is 3.47. The van der Waals surface area contributed by atoms with E-state index in [9.17, 15) is 14.0 Å². The third-order valence-corrected chi connectivity index (χ3v) is 4.52. The van der Waals surface area contributed by atoms with E-state index in [-0.39, 0.29) is 24.3 Å². The highest BCUT2D eigenvalue weighted by Gasteiger charge is 2.17. The SMILES string of the molecule is CC(C)N(CC(N)=O)C(=O)C=Cc1cn(-c2ccccc2)nc1-c1ccc(F)cc1. The van der Waals surface area contributed by atoms with Crippen molar-refractivity contribution in [2.75, 3.05) is 6.54 Å². The zero-order chi connectivity index (χ0) is 21.7. The van der Waals surface area contributed by atoms with Crippen molar-refractivity contribution < 1.29 is 14.0 Å². The Morgan fingerprint density at radius 1 is 1.13 bits per heavy atom. The van der Waals surface area contributed by atoms with Crippen LogP contribution < -0.4 is 5.73 Å². The quantitative estimate of drug-likeness (QED) is 0.611. The zero-order valence-electron chi connectivity index (χ0n) is 16.8. The number of para-hydroxylation sites is 1. The van der Waals surface area contributed by atoms with Gasteiger partial charge >= 0.3 is 0 Å². The van der Waals surface area contributed by atoms with E-state index in [0.717, 1.165) is 11.3 Å². The van der Waals surface area contributed by atoms with Crippen molar-refractivity contribution >= 4 is 17.9 Å². The van der Waals surface area contributed by atoms with Crippen LogP contribution in [-0.4, -0.2) is 39.1 Å². The molecule has 0 unspecified atom stereocenters. The molecule has 0 spiro atoms. The Morgan fingerprint density at radius 3 is 2.40 bits per heavy atom. The minimum atomic E-state index is -0.575. The van der Waals surface area contributed by atoms with Crippen molar-refractivity contribution in [3.63, 3.8) is 0 Å². The first kappa shape index (κ1) is 21.0. The van der Waals surface area contributed by atoms with Gasteiger partial charge in [-0.05, 0) is 56.3 Å². The van der Waals surface area contributed by atoms with Crippen molar-refractivity contribution in [2.24, 2.45) is 5.73 Å². The Bertz CT molecular complexity index is 1060. The van der Waals surface area contributed by atoms with Gasteiger partial charge in [-0.15, -0.1) is 0 Å². The molecule has 2 N–H and O–H groups in total. The van der Waals surface area contributed by atoms with Gasteiger partial charge in [0.05, 0.1) is 17.9 Å². The fourth-order valence-electron chi connectivity index (χ4n) is 2.99. The summed E-state index contributed by atoms with van der Waals surface area (Å²) in [6, 6.07) is 15.4. The molecule has 3 rings (SSSR count). The van der Waals surface area contributed by atoms with Crippen LogP contribution in [0.5, 0.6) is 0 Å². The van der Waals surface area contributed by atoms with E-state index in [4.69, 9.17) is 5.73 Å². The third kappa shape index (κ3) is 5.00.